The van der Waals surface area contributed by atoms with Gasteiger partial charge >= 0.3 is 0 Å². The third-order valence-corrected chi connectivity index (χ3v) is 6.13. The number of benzene rings is 2. The van der Waals surface area contributed by atoms with Gasteiger partial charge in [0, 0.05) is 28.8 Å². The molecule has 5 nitrogen and oxygen atoms in total. The van der Waals surface area contributed by atoms with Crippen LogP contribution in [-0.2, 0) is 13.0 Å². The lowest BCUT2D eigenvalue weighted by Gasteiger charge is -2.29. The number of aryl methyl sites for hydroxylation is 1. The number of nitrogens with one attached hydrogen (secondary N) is 1. The molecule has 1 aliphatic rings. The molecule has 7 heteroatoms. The first-order valence-corrected chi connectivity index (χ1v) is 10.2. The molecule has 1 atom stereocenters. The van der Waals surface area contributed by atoms with Crippen molar-refractivity contribution >= 4 is 40.3 Å². The van der Waals surface area contributed by atoms with Crippen molar-refractivity contribution in [2.75, 3.05) is 24.6 Å². The highest BCUT2D eigenvalue weighted by atomic mass is 35.5. The molecule has 0 bridgehead atoms. The minimum atomic E-state index is -0.623. The summed E-state index contributed by atoms with van der Waals surface area (Å²) in [7, 11) is 2.09. The third-order valence-electron chi connectivity index (χ3n) is 5.57. The summed E-state index contributed by atoms with van der Waals surface area (Å²) >= 11 is 12.6. The number of hydrogen-bond donors (Lipinski definition) is 2. The van der Waals surface area contributed by atoms with Crippen LogP contribution in [-0.4, -0.2) is 18.5 Å². The van der Waals surface area contributed by atoms with E-state index in [9.17, 15) is 9.59 Å². The van der Waals surface area contributed by atoms with Gasteiger partial charge in [0.25, 0.3) is 10.9 Å². The SMILES string of the molecule is CN1Cc2c(Cl)cc(Cl)cc2CCC(c2ccc(Nc3c(N)c(=O)c3=O)cc2)C1. The summed E-state index contributed by atoms with van der Waals surface area (Å²) in [6, 6.07) is 11.7. The first-order valence-electron chi connectivity index (χ1n) is 9.44. The molecule has 0 aliphatic carbocycles. The van der Waals surface area contributed by atoms with Crippen LogP contribution >= 0.6 is 23.2 Å². The van der Waals surface area contributed by atoms with Crippen LogP contribution in [0.25, 0.3) is 0 Å². The standard InChI is InChI=1S/C22H21Cl2N3O2/c1-27-10-14(3-2-13-8-15(23)9-18(24)17(13)11-27)12-4-6-16(7-5-12)26-20-19(25)21(28)22(20)29/h4-9,14,26H,2-3,10-11,25H2,1H3. The van der Waals surface area contributed by atoms with Gasteiger partial charge < -0.3 is 16.0 Å². The first-order chi connectivity index (χ1) is 13.8. The van der Waals surface area contributed by atoms with Crippen molar-refractivity contribution in [3.8, 4) is 0 Å². The lowest BCUT2D eigenvalue weighted by molar-refractivity contribution is 0.289. The van der Waals surface area contributed by atoms with Crippen LogP contribution in [0.5, 0.6) is 0 Å². The van der Waals surface area contributed by atoms with Crippen molar-refractivity contribution in [2.24, 2.45) is 0 Å². The highest BCUT2D eigenvalue weighted by Crippen LogP contribution is 2.33. The van der Waals surface area contributed by atoms with Gasteiger partial charge in [-0.2, -0.15) is 0 Å². The van der Waals surface area contributed by atoms with Crippen molar-refractivity contribution < 1.29 is 0 Å². The van der Waals surface area contributed by atoms with Gasteiger partial charge in [0.05, 0.1) is 0 Å². The number of nitrogens with two attached hydrogens (primary N) is 1. The number of anilines is 3. The molecule has 0 spiro atoms. The maximum absolute atomic E-state index is 11.6. The molecular formula is C22H21Cl2N3O2. The fourth-order valence-corrected chi connectivity index (χ4v) is 4.57. The van der Waals surface area contributed by atoms with Crippen LogP contribution in [0.15, 0.2) is 46.0 Å². The predicted molar refractivity (Wildman–Crippen MR) is 119 cm³/mol. The van der Waals surface area contributed by atoms with E-state index < -0.39 is 10.9 Å². The summed E-state index contributed by atoms with van der Waals surface area (Å²) in [4.78, 5) is 25.1. The largest absolute Gasteiger partial charge is 0.394 e. The summed E-state index contributed by atoms with van der Waals surface area (Å²) in [5, 5.41) is 4.34. The lowest BCUT2D eigenvalue weighted by atomic mass is 9.88. The zero-order chi connectivity index (χ0) is 20.7. The zero-order valence-electron chi connectivity index (χ0n) is 16.0. The summed E-state index contributed by atoms with van der Waals surface area (Å²) < 4.78 is 0. The molecule has 0 aromatic heterocycles. The van der Waals surface area contributed by atoms with Crippen LogP contribution in [0.2, 0.25) is 10.0 Å². The molecule has 150 valence electrons. The summed E-state index contributed by atoms with van der Waals surface area (Å²) in [6.07, 6.45) is 1.89. The average Bonchev–Trinajstić information content (AvgIpc) is 2.69. The number of likely N-dealkylation sites (N-methyl/N-ethyl adjacent to an activating group) is 1. The van der Waals surface area contributed by atoms with Crippen LogP contribution in [0.1, 0.15) is 29.0 Å². The fourth-order valence-electron chi connectivity index (χ4n) is 3.98. The first kappa shape index (κ1) is 20.0. The van der Waals surface area contributed by atoms with Crippen LogP contribution in [0.3, 0.4) is 0 Å². The number of fused-ring (bicyclic) bond motifs is 1. The number of halogens is 2. The molecule has 1 unspecified atom stereocenters. The van der Waals surface area contributed by atoms with Crippen LogP contribution < -0.4 is 21.9 Å². The number of rotatable bonds is 3. The minimum Gasteiger partial charge on any atom is -0.394 e. The summed E-state index contributed by atoms with van der Waals surface area (Å²) in [5.74, 6) is 0.358. The van der Waals surface area contributed by atoms with Crippen molar-refractivity contribution in [3.05, 3.63) is 83.6 Å². The molecule has 0 fully saturated rings. The quantitative estimate of drug-likeness (QED) is 0.613. The van der Waals surface area contributed by atoms with E-state index in [0.717, 1.165) is 42.2 Å². The molecule has 0 saturated heterocycles. The van der Waals surface area contributed by atoms with E-state index in [4.69, 9.17) is 28.9 Å². The van der Waals surface area contributed by atoms with Crippen LogP contribution in [0.4, 0.5) is 17.1 Å². The monoisotopic (exact) mass is 429 g/mol. The number of nitrogen functional groups attached to an aromatic ring is 1. The molecule has 1 heterocycles. The molecule has 4 rings (SSSR count). The Bertz CT molecular complexity index is 1130. The minimum absolute atomic E-state index is 0.00305. The Morgan fingerprint density at radius 3 is 2.52 bits per heavy atom. The summed E-state index contributed by atoms with van der Waals surface area (Å²) in [5.41, 5.74) is 8.88. The summed E-state index contributed by atoms with van der Waals surface area (Å²) in [6.45, 7) is 1.70. The molecule has 0 amide bonds. The maximum Gasteiger partial charge on any atom is 0.253 e. The third kappa shape index (κ3) is 3.90. The lowest BCUT2D eigenvalue weighted by Crippen LogP contribution is -2.36. The Hall–Kier alpha value is -2.34. The van der Waals surface area contributed by atoms with Gasteiger partial charge in [-0.25, -0.2) is 0 Å². The topological polar surface area (TPSA) is 75.4 Å². The highest BCUT2D eigenvalue weighted by molar-refractivity contribution is 6.35. The molecule has 29 heavy (non-hydrogen) atoms. The normalized spacial score (nSPS) is 17.6. The molecule has 3 N–H and O–H groups in total. The van der Waals surface area contributed by atoms with E-state index >= 15 is 0 Å². The Morgan fingerprint density at radius 2 is 1.83 bits per heavy atom. The van der Waals surface area contributed by atoms with E-state index in [2.05, 4.69) is 29.4 Å². The number of hydrogen-bond acceptors (Lipinski definition) is 5. The smallest absolute Gasteiger partial charge is 0.253 e. The van der Waals surface area contributed by atoms with Crippen molar-refractivity contribution in [2.45, 2.75) is 25.3 Å². The van der Waals surface area contributed by atoms with E-state index in [0.29, 0.717) is 10.9 Å². The second-order valence-corrected chi connectivity index (χ2v) is 8.50. The molecule has 0 saturated carbocycles. The van der Waals surface area contributed by atoms with E-state index in [1.54, 1.807) is 0 Å². The predicted octanol–water partition coefficient (Wildman–Crippen LogP) is 4.08. The molecule has 1 aliphatic heterocycles. The van der Waals surface area contributed by atoms with E-state index in [1.165, 1.54) is 11.1 Å². The van der Waals surface area contributed by atoms with Gasteiger partial charge in [-0.15, -0.1) is 0 Å². The van der Waals surface area contributed by atoms with Gasteiger partial charge in [0.1, 0.15) is 11.4 Å². The molecule has 3 aromatic carbocycles. The zero-order valence-corrected chi connectivity index (χ0v) is 17.5. The fraction of sp³-hybridized carbons (Fsp3) is 0.273. The molecule has 3 aromatic rings. The van der Waals surface area contributed by atoms with E-state index in [-0.39, 0.29) is 11.4 Å². The second kappa shape index (κ2) is 7.82. The Kier molecular flexibility index (Phi) is 5.38. The van der Waals surface area contributed by atoms with Crippen molar-refractivity contribution in [1.82, 2.24) is 4.90 Å². The second-order valence-electron chi connectivity index (χ2n) is 7.65. The van der Waals surface area contributed by atoms with Gasteiger partial charge in [-0.3, -0.25) is 9.59 Å². The highest BCUT2D eigenvalue weighted by Gasteiger charge is 2.22. The van der Waals surface area contributed by atoms with Crippen LogP contribution in [0, 0.1) is 0 Å². The van der Waals surface area contributed by atoms with Gasteiger partial charge in [-0.05, 0) is 66.8 Å². The maximum atomic E-state index is 11.6. The van der Waals surface area contributed by atoms with Crippen molar-refractivity contribution in [1.29, 1.82) is 0 Å². The Balaban J connectivity index is 1.52. The Labute approximate surface area is 178 Å². The molecule has 0 radical (unpaired) electrons. The van der Waals surface area contributed by atoms with E-state index in [1.807, 2.05) is 24.3 Å². The van der Waals surface area contributed by atoms with Gasteiger partial charge in [0.15, 0.2) is 0 Å². The number of nitrogens with zero attached hydrogens (tertiary/aromatic N) is 1. The Morgan fingerprint density at radius 1 is 1.10 bits per heavy atom. The van der Waals surface area contributed by atoms with Gasteiger partial charge in [0.2, 0.25) is 0 Å². The van der Waals surface area contributed by atoms with Gasteiger partial charge in [-0.1, -0.05) is 35.3 Å². The average molecular weight is 430 g/mol. The van der Waals surface area contributed by atoms with Crippen molar-refractivity contribution in [3.63, 3.8) is 0 Å². The molecular weight excluding hydrogens is 409 g/mol.